The van der Waals surface area contributed by atoms with Crippen LogP contribution in [0.25, 0.3) is 11.1 Å². The van der Waals surface area contributed by atoms with Gasteiger partial charge in [-0.25, -0.2) is 0 Å². The molecule has 3 rings (SSSR count). The van der Waals surface area contributed by atoms with Gasteiger partial charge in [-0.2, -0.15) is 9.97 Å². The number of aryl methyl sites for hydroxylation is 1. The molecule has 2 aromatic rings. The summed E-state index contributed by atoms with van der Waals surface area (Å²) in [6.45, 7) is 1.76. The number of Topliss-reactive ketones (excluding diaryl/α,β-unsaturated/α-hetero) is 1. The maximum Gasteiger partial charge on any atom is 0.265 e. The van der Waals surface area contributed by atoms with Gasteiger partial charge in [0.05, 0.1) is 6.42 Å². The average Bonchev–Trinajstić information content (AvgIpc) is 2.49. The lowest BCUT2D eigenvalue weighted by Gasteiger charge is -2.01. The van der Waals surface area contributed by atoms with E-state index in [1.54, 1.807) is 6.92 Å². The van der Waals surface area contributed by atoms with Crippen LogP contribution in [-0.4, -0.2) is 27.5 Å². The number of nitrogens with zero attached hydrogens (tertiary/aromatic N) is 3. The highest BCUT2D eigenvalue weighted by atomic mass is 16.5. The van der Waals surface area contributed by atoms with Crippen LogP contribution in [-0.2, 0) is 11.2 Å². The Bertz CT molecular complexity index is 561. The predicted molar refractivity (Wildman–Crippen MR) is 48.5 cm³/mol. The topological polar surface area (TPSA) is 78.1 Å². The van der Waals surface area contributed by atoms with E-state index in [0.29, 0.717) is 28.5 Å². The van der Waals surface area contributed by atoms with Gasteiger partial charge in [0, 0.05) is 0 Å². The third-order valence-electron chi connectivity index (χ3n) is 2.22. The summed E-state index contributed by atoms with van der Waals surface area (Å²) in [4.78, 5) is 19.5. The molecule has 0 radical (unpaired) electrons. The van der Waals surface area contributed by atoms with Gasteiger partial charge in [0.15, 0.2) is 5.78 Å². The first-order valence-electron chi connectivity index (χ1n) is 4.51. The number of carbonyl (C=O) groups excluding carboxylic acids is 1. The molecule has 0 saturated heterocycles. The third kappa shape index (κ3) is 1.18. The van der Waals surface area contributed by atoms with Gasteiger partial charge in [0.25, 0.3) is 5.71 Å². The van der Waals surface area contributed by atoms with E-state index in [1.807, 2.05) is 0 Å². The van der Waals surface area contributed by atoms with Crippen LogP contribution in [0.3, 0.4) is 0 Å². The smallest absolute Gasteiger partial charge is 0.265 e. The lowest BCUT2D eigenvalue weighted by atomic mass is 10.2. The summed E-state index contributed by atoms with van der Waals surface area (Å²) in [5.41, 5.74) is 0.935. The molecule has 15 heavy (non-hydrogen) atoms. The predicted octanol–water partition coefficient (Wildman–Crippen LogP) is 0.430. The Kier molecular flexibility index (Phi) is 1.53. The van der Waals surface area contributed by atoms with Crippen LogP contribution in [0.5, 0.6) is 5.88 Å². The number of hydrogen-bond acceptors (Lipinski definition) is 6. The summed E-state index contributed by atoms with van der Waals surface area (Å²) < 4.78 is 10.3. The monoisotopic (exact) mass is 205 g/mol. The average molecular weight is 205 g/mol. The summed E-state index contributed by atoms with van der Waals surface area (Å²) in [7, 11) is 0. The number of ether oxygens (including phenoxy) is 1. The molecule has 1 aliphatic heterocycles. The Balaban J connectivity index is 2.35. The summed E-state index contributed by atoms with van der Waals surface area (Å²) in [5.74, 6) is 0.884. The fourth-order valence-corrected chi connectivity index (χ4v) is 1.59. The maximum absolute atomic E-state index is 11.3. The van der Waals surface area contributed by atoms with E-state index in [2.05, 4.69) is 15.1 Å². The maximum atomic E-state index is 11.3. The van der Waals surface area contributed by atoms with Crippen LogP contribution >= 0.6 is 0 Å². The second-order valence-corrected chi connectivity index (χ2v) is 3.39. The van der Waals surface area contributed by atoms with E-state index in [9.17, 15) is 4.79 Å². The zero-order chi connectivity index (χ0) is 10.4. The first kappa shape index (κ1) is 8.34. The van der Waals surface area contributed by atoms with Crippen LogP contribution in [0.15, 0.2) is 4.52 Å². The van der Waals surface area contributed by atoms with Gasteiger partial charge < -0.3 is 9.26 Å². The lowest BCUT2D eigenvalue weighted by Crippen LogP contribution is -2.11. The van der Waals surface area contributed by atoms with Gasteiger partial charge in [0.2, 0.25) is 5.88 Å². The molecule has 0 bridgehead atoms. The molecular formula is C9H7N3O3. The highest BCUT2D eigenvalue weighted by Crippen LogP contribution is 2.28. The number of ketones is 1. The van der Waals surface area contributed by atoms with Crippen molar-refractivity contribution in [2.45, 2.75) is 13.3 Å². The Morgan fingerprint density at radius 2 is 2.20 bits per heavy atom. The van der Waals surface area contributed by atoms with Crippen LogP contribution < -0.4 is 4.74 Å². The number of carbonyl (C=O) groups is 1. The highest BCUT2D eigenvalue weighted by Gasteiger charge is 2.23. The molecule has 6 heteroatoms. The van der Waals surface area contributed by atoms with Gasteiger partial charge >= 0.3 is 0 Å². The van der Waals surface area contributed by atoms with Crippen LogP contribution in [0.1, 0.15) is 11.5 Å². The van der Waals surface area contributed by atoms with E-state index in [-0.39, 0.29) is 18.8 Å². The second-order valence-electron chi connectivity index (χ2n) is 3.39. The standard InChI is InChI=1S/C9H7N3O3/c1-4-10-8-7-6(2-5(13)3-14-8)12-15-9(7)11-4/h2-3H2,1H3. The van der Waals surface area contributed by atoms with Crippen molar-refractivity contribution in [3.63, 3.8) is 0 Å². The first-order chi connectivity index (χ1) is 7.24. The van der Waals surface area contributed by atoms with Crippen molar-refractivity contribution in [2.24, 2.45) is 0 Å². The Morgan fingerprint density at radius 1 is 1.33 bits per heavy atom. The lowest BCUT2D eigenvalue weighted by molar-refractivity contribution is -0.120. The van der Waals surface area contributed by atoms with Gasteiger partial charge in [-0.3, -0.25) is 4.79 Å². The Hall–Kier alpha value is -1.98. The van der Waals surface area contributed by atoms with E-state index < -0.39 is 0 Å². The summed E-state index contributed by atoms with van der Waals surface area (Å²) >= 11 is 0. The van der Waals surface area contributed by atoms with Crippen molar-refractivity contribution in [3.05, 3.63) is 11.5 Å². The first-order valence-corrected chi connectivity index (χ1v) is 4.51. The molecule has 0 aromatic carbocycles. The molecule has 0 saturated carbocycles. The van der Waals surface area contributed by atoms with Gasteiger partial charge in [0.1, 0.15) is 23.5 Å². The number of rotatable bonds is 0. The number of hydrogen-bond donors (Lipinski definition) is 0. The molecule has 0 fully saturated rings. The van der Waals surface area contributed by atoms with Crippen molar-refractivity contribution < 1.29 is 14.1 Å². The molecule has 0 amide bonds. The molecule has 3 heterocycles. The van der Waals surface area contributed by atoms with E-state index in [0.717, 1.165) is 0 Å². The van der Waals surface area contributed by atoms with Gasteiger partial charge in [-0.05, 0) is 6.92 Å². The molecule has 2 aromatic heterocycles. The fourth-order valence-electron chi connectivity index (χ4n) is 1.59. The van der Waals surface area contributed by atoms with Crippen molar-refractivity contribution in [2.75, 3.05) is 6.61 Å². The zero-order valence-corrected chi connectivity index (χ0v) is 7.98. The Labute approximate surface area is 84.2 Å². The Morgan fingerprint density at radius 3 is 3.07 bits per heavy atom. The van der Waals surface area contributed by atoms with Gasteiger partial charge in [-0.1, -0.05) is 5.16 Å². The zero-order valence-electron chi connectivity index (χ0n) is 7.98. The molecule has 0 N–H and O–H groups in total. The molecule has 76 valence electrons. The summed E-state index contributed by atoms with van der Waals surface area (Å²) in [6.07, 6.45) is 0.215. The highest BCUT2D eigenvalue weighted by molar-refractivity contribution is 5.91. The van der Waals surface area contributed by atoms with Crippen molar-refractivity contribution in [1.82, 2.24) is 15.1 Å². The fraction of sp³-hybridized carbons (Fsp3) is 0.333. The molecule has 0 atom stereocenters. The van der Waals surface area contributed by atoms with Crippen molar-refractivity contribution in [1.29, 1.82) is 0 Å². The molecule has 0 unspecified atom stereocenters. The van der Waals surface area contributed by atoms with Gasteiger partial charge in [-0.15, -0.1) is 0 Å². The number of aromatic nitrogens is 3. The molecule has 0 spiro atoms. The second kappa shape index (κ2) is 2.75. The van der Waals surface area contributed by atoms with Crippen LogP contribution in [0.2, 0.25) is 0 Å². The van der Waals surface area contributed by atoms with Crippen LogP contribution in [0.4, 0.5) is 0 Å². The molecule has 0 aliphatic carbocycles. The minimum Gasteiger partial charge on any atom is -0.469 e. The van der Waals surface area contributed by atoms with Crippen molar-refractivity contribution >= 4 is 16.9 Å². The molecule has 6 nitrogen and oxygen atoms in total. The molecule has 1 aliphatic rings. The normalized spacial score (nSPS) is 15.1. The largest absolute Gasteiger partial charge is 0.469 e. The summed E-state index contributed by atoms with van der Waals surface area (Å²) in [6, 6.07) is 0. The quantitative estimate of drug-likeness (QED) is 0.620. The minimum absolute atomic E-state index is 0.0297. The van der Waals surface area contributed by atoms with E-state index in [1.165, 1.54) is 0 Å². The van der Waals surface area contributed by atoms with E-state index >= 15 is 0 Å². The molecular weight excluding hydrogens is 198 g/mol. The SMILES string of the molecule is Cc1nc2c3c(noc3n1)CC(=O)CO2. The van der Waals surface area contributed by atoms with E-state index in [4.69, 9.17) is 9.26 Å². The minimum atomic E-state index is -0.0409. The van der Waals surface area contributed by atoms with Crippen LogP contribution in [0, 0.1) is 6.92 Å². The summed E-state index contributed by atoms with van der Waals surface area (Å²) in [5, 5.41) is 4.42. The third-order valence-corrected chi connectivity index (χ3v) is 2.22. The van der Waals surface area contributed by atoms with Crippen molar-refractivity contribution in [3.8, 4) is 5.88 Å².